The predicted molar refractivity (Wildman–Crippen MR) is 134 cm³/mol. The number of rotatable bonds is 6. The van der Waals surface area contributed by atoms with Crippen LogP contribution in [0.5, 0.6) is 5.75 Å². The molecule has 6 nitrogen and oxygen atoms in total. The van der Waals surface area contributed by atoms with Crippen molar-refractivity contribution in [2.75, 3.05) is 11.5 Å². The molecule has 1 saturated heterocycles. The van der Waals surface area contributed by atoms with Crippen molar-refractivity contribution in [3.05, 3.63) is 81.1 Å². The topological polar surface area (TPSA) is 56.5 Å². The molecule has 1 aromatic heterocycles. The van der Waals surface area contributed by atoms with Crippen molar-refractivity contribution in [3.8, 4) is 11.4 Å². The lowest BCUT2D eigenvalue weighted by Gasteiger charge is -2.12. The zero-order valence-corrected chi connectivity index (χ0v) is 19.7. The van der Waals surface area contributed by atoms with Crippen LogP contribution >= 0.6 is 24.0 Å². The van der Waals surface area contributed by atoms with Gasteiger partial charge in [-0.3, -0.25) is 19.2 Å². The summed E-state index contributed by atoms with van der Waals surface area (Å²) in [6.07, 6.45) is 2.66. The predicted octanol–water partition coefficient (Wildman–Crippen LogP) is 4.68. The van der Waals surface area contributed by atoms with Gasteiger partial charge in [0.2, 0.25) is 0 Å². The maximum Gasteiger partial charge on any atom is 0.296 e. The third-order valence-electron chi connectivity index (χ3n) is 5.21. The molecule has 4 rings (SSSR count). The molecule has 32 heavy (non-hydrogen) atoms. The van der Waals surface area contributed by atoms with Gasteiger partial charge in [0.25, 0.3) is 11.5 Å². The molecule has 164 valence electrons. The van der Waals surface area contributed by atoms with Crippen LogP contribution < -0.4 is 15.2 Å². The monoisotopic (exact) mass is 465 g/mol. The van der Waals surface area contributed by atoms with Crippen molar-refractivity contribution in [2.45, 2.75) is 20.3 Å². The van der Waals surface area contributed by atoms with Crippen LogP contribution in [0.2, 0.25) is 0 Å². The number of hydrogen-bond acceptors (Lipinski definition) is 5. The molecule has 1 amide bonds. The first-order valence-electron chi connectivity index (χ1n) is 10.3. The Morgan fingerprint density at radius 2 is 1.75 bits per heavy atom. The lowest BCUT2D eigenvalue weighted by atomic mass is 10.2. The van der Waals surface area contributed by atoms with Crippen molar-refractivity contribution >= 4 is 46.0 Å². The molecule has 1 aliphatic rings. The number of thioether (sulfide) groups is 1. The largest absolute Gasteiger partial charge is 0.493 e. The first-order chi connectivity index (χ1) is 15.4. The van der Waals surface area contributed by atoms with E-state index >= 15 is 0 Å². The summed E-state index contributed by atoms with van der Waals surface area (Å²) in [7, 11) is 1.79. The number of aromatic nitrogens is 2. The van der Waals surface area contributed by atoms with Crippen LogP contribution in [0.3, 0.4) is 0 Å². The maximum atomic E-state index is 13.4. The summed E-state index contributed by atoms with van der Waals surface area (Å²) < 4.78 is 9.42. The molecule has 8 heteroatoms. The molecule has 0 saturated carbocycles. The van der Waals surface area contributed by atoms with Gasteiger partial charge in [0.05, 0.1) is 22.9 Å². The second-order valence-electron chi connectivity index (χ2n) is 7.31. The van der Waals surface area contributed by atoms with Gasteiger partial charge in [-0.25, -0.2) is 4.68 Å². The van der Waals surface area contributed by atoms with Crippen LogP contribution in [-0.2, 0) is 11.8 Å². The van der Waals surface area contributed by atoms with Gasteiger partial charge in [-0.15, -0.1) is 0 Å². The van der Waals surface area contributed by atoms with E-state index in [1.165, 1.54) is 16.7 Å². The normalized spacial score (nSPS) is 15.1. The number of para-hydroxylation sites is 2. The number of hydrogen-bond donors (Lipinski definition) is 0. The van der Waals surface area contributed by atoms with Crippen molar-refractivity contribution in [2.24, 2.45) is 7.05 Å². The van der Waals surface area contributed by atoms with Crippen LogP contribution in [0.25, 0.3) is 11.8 Å². The molecule has 2 aromatic carbocycles. The van der Waals surface area contributed by atoms with Gasteiger partial charge in [-0.2, -0.15) is 0 Å². The average molecular weight is 466 g/mol. The Morgan fingerprint density at radius 1 is 1.06 bits per heavy atom. The number of nitrogens with zero attached hydrogens (tertiary/aromatic N) is 3. The number of ether oxygens (including phenoxy) is 1. The van der Waals surface area contributed by atoms with E-state index in [0.717, 1.165) is 17.7 Å². The summed E-state index contributed by atoms with van der Waals surface area (Å²) in [5.41, 5.74) is 2.16. The molecule has 0 bridgehead atoms. The number of amides is 1. The van der Waals surface area contributed by atoms with E-state index in [0.29, 0.717) is 27.3 Å². The van der Waals surface area contributed by atoms with E-state index in [2.05, 4.69) is 0 Å². The van der Waals surface area contributed by atoms with Gasteiger partial charge < -0.3 is 4.74 Å². The van der Waals surface area contributed by atoms with Crippen molar-refractivity contribution < 1.29 is 9.53 Å². The molecule has 0 aliphatic carbocycles. The van der Waals surface area contributed by atoms with Gasteiger partial charge in [-0.05, 0) is 37.6 Å². The Labute approximate surface area is 196 Å². The third kappa shape index (κ3) is 3.91. The second-order valence-corrected chi connectivity index (χ2v) is 8.99. The zero-order valence-electron chi connectivity index (χ0n) is 18.1. The molecule has 0 unspecified atom stereocenters. The Bertz CT molecular complexity index is 1280. The summed E-state index contributed by atoms with van der Waals surface area (Å²) in [6, 6.07) is 16.9. The molecule has 0 N–H and O–H groups in total. The SMILES string of the molecule is CCCOc1ccccc1/C=C1\SC(=S)N(c2c(C)n(C)n(-c3ccccc3)c2=O)C1=O. The summed E-state index contributed by atoms with van der Waals surface area (Å²) in [6.45, 7) is 4.44. The Morgan fingerprint density at radius 3 is 2.47 bits per heavy atom. The molecule has 0 atom stereocenters. The number of benzene rings is 2. The highest BCUT2D eigenvalue weighted by Crippen LogP contribution is 2.37. The summed E-state index contributed by atoms with van der Waals surface area (Å²) in [5, 5.41) is 0. The van der Waals surface area contributed by atoms with Crippen molar-refractivity contribution in [1.29, 1.82) is 0 Å². The highest BCUT2D eigenvalue weighted by Gasteiger charge is 2.37. The molecule has 1 aliphatic heterocycles. The zero-order chi connectivity index (χ0) is 22.8. The van der Waals surface area contributed by atoms with E-state index in [4.69, 9.17) is 17.0 Å². The van der Waals surface area contributed by atoms with E-state index in [1.807, 2.05) is 68.4 Å². The highest BCUT2D eigenvalue weighted by atomic mass is 32.2. The molecule has 1 fully saturated rings. The summed E-state index contributed by atoms with van der Waals surface area (Å²) >= 11 is 6.71. The second kappa shape index (κ2) is 9.18. The van der Waals surface area contributed by atoms with Gasteiger partial charge >= 0.3 is 0 Å². The van der Waals surface area contributed by atoms with Crippen molar-refractivity contribution in [3.63, 3.8) is 0 Å². The first-order valence-corrected chi connectivity index (χ1v) is 11.5. The number of carbonyl (C=O) groups is 1. The summed E-state index contributed by atoms with van der Waals surface area (Å²) in [4.78, 5) is 28.5. The van der Waals surface area contributed by atoms with Crippen LogP contribution in [-0.4, -0.2) is 26.2 Å². The smallest absolute Gasteiger partial charge is 0.296 e. The van der Waals surface area contributed by atoms with E-state index < -0.39 is 0 Å². The minimum Gasteiger partial charge on any atom is -0.493 e. The van der Waals surface area contributed by atoms with E-state index in [9.17, 15) is 9.59 Å². The molecule has 3 aromatic rings. The third-order valence-corrected chi connectivity index (χ3v) is 6.51. The van der Waals surface area contributed by atoms with Gasteiger partial charge in [0.1, 0.15) is 11.4 Å². The van der Waals surface area contributed by atoms with Crippen molar-refractivity contribution in [1.82, 2.24) is 9.36 Å². The Hall–Kier alpha value is -3.10. The fourth-order valence-corrected chi connectivity index (χ4v) is 4.82. The quantitative estimate of drug-likeness (QED) is 0.391. The molecular weight excluding hydrogens is 442 g/mol. The maximum absolute atomic E-state index is 13.4. The minimum absolute atomic E-state index is 0.276. The Kier molecular flexibility index (Phi) is 6.34. The molecule has 0 radical (unpaired) electrons. The molecular formula is C24H23N3O3S2. The number of carbonyl (C=O) groups excluding carboxylic acids is 1. The standard InChI is InChI=1S/C24H23N3O3S2/c1-4-14-30-19-13-9-8-10-17(19)15-20-22(28)26(24(31)32-20)21-16(2)25(3)27(23(21)29)18-11-6-5-7-12-18/h5-13,15H,4,14H2,1-3H3/b20-15-. The van der Waals surface area contributed by atoms with Gasteiger partial charge in [-0.1, -0.05) is 67.3 Å². The van der Waals surface area contributed by atoms with Gasteiger partial charge in [0, 0.05) is 12.6 Å². The lowest BCUT2D eigenvalue weighted by Crippen LogP contribution is -2.33. The molecule has 2 heterocycles. The van der Waals surface area contributed by atoms with Crippen LogP contribution in [0.1, 0.15) is 24.6 Å². The minimum atomic E-state index is -0.309. The highest BCUT2D eigenvalue weighted by molar-refractivity contribution is 8.27. The number of anilines is 1. The van der Waals surface area contributed by atoms with E-state index in [-0.39, 0.29) is 17.2 Å². The van der Waals surface area contributed by atoms with Gasteiger partial charge in [0.15, 0.2) is 4.32 Å². The fraction of sp³-hybridized carbons (Fsp3) is 0.208. The summed E-state index contributed by atoms with van der Waals surface area (Å²) in [5.74, 6) is 0.401. The Balaban J connectivity index is 1.74. The lowest BCUT2D eigenvalue weighted by molar-refractivity contribution is -0.113. The molecule has 0 spiro atoms. The first kappa shape index (κ1) is 22.1. The van der Waals surface area contributed by atoms with Crippen LogP contribution in [0.15, 0.2) is 64.3 Å². The number of thiocarbonyl (C=S) groups is 1. The van der Waals surface area contributed by atoms with Crippen LogP contribution in [0, 0.1) is 6.92 Å². The van der Waals surface area contributed by atoms with E-state index in [1.54, 1.807) is 22.5 Å². The fourth-order valence-electron chi connectivity index (χ4n) is 3.56. The van der Waals surface area contributed by atoms with Crippen LogP contribution in [0.4, 0.5) is 5.69 Å². The average Bonchev–Trinajstić information content (AvgIpc) is 3.18.